The average molecular weight is 282 g/mol. The second-order valence-electron chi connectivity index (χ2n) is 5.87. The molecule has 0 spiro atoms. The molecule has 6 heteroatoms. The Morgan fingerprint density at radius 1 is 1.42 bits per heavy atom. The molecule has 2 aliphatic rings. The van der Waals surface area contributed by atoms with Crippen LogP contribution in [0, 0.1) is 12.8 Å². The molecule has 1 aliphatic carbocycles. The zero-order valence-electron chi connectivity index (χ0n) is 11.4. The van der Waals surface area contributed by atoms with Gasteiger partial charge in [0.05, 0.1) is 6.61 Å². The van der Waals surface area contributed by atoms with Crippen LogP contribution in [0.25, 0.3) is 0 Å². The highest BCUT2D eigenvalue weighted by molar-refractivity contribution is 7.09. The van der Waals surface area contributed by atoms with Crippen molar-refractivity contribution < 1.29 is 5.11 Å². The van der Waals surface area contributed by atoms with Gasteiger partial charge in [-0.05, 0) is 45.1 Å². The molecule has 1 saturated carbocycles. The Hall–Kier alpha value is -0.720. The molecule has 106 valence electrons. The maximum Gasteiger partial charge on any atom is 0.205 e. The van der Waals surface area contributed by atoms with Crippen molar-refractivity contribution in [1.29, 1.82) is 0 Å². The van der Waals surface area contributed by atoms with Crippen molar-refractivity contribution in [3.05, 3.63) is 5.82 Å². The van der Waals surface area contributed by atoms with Crippen molar-refractivity contribution in [3.63, 3.8) is 0 Å². The summed E-state index contributed by atoms with van der Waals surface area (Å²) in [6.45, 7) is 5.14. The third kappa shape index (κ3) is 3.07. The van der Waals surface area contributed by atoms with Crippen molar-refractivity contribution in [2.45, 2.75) is 38.1 Å². The van der Waals surface area contributed by atoms with Gasteiger partial charge in [-0.15, -0.1) is 0 Å². The van der Waals surface area contributed by atoms with Crippen LogP contribution in [0.1, 0.15) is 31.5 Å². The minimum atomic E-state index is -0.0706. The number of anilines is 1. The first-order chi connectivity index (χ1) is 9.21. The molecule has 2 fully saturated rings. The van der Waals surface area contributed by atoms with Gasteiger partial charge in [0.15, 0.2) is 0 Å². The molecule has 1 aliphatic heterocycles. The largest absolute Gasteiger partial charge is 0.394 e. The Kier molecular flexibility index (Phi) is 3.73. The van der Waals surface area contributed by atoms with Gasteiger partial charge in [0.2, 0.25) is 5.13 Å². The summed E-state index contributed by atoms with van der Waals surface area (Å²) in [7, 11) is 0. The fraction of sp³-hybridized carbons (Fsp3) is 0.846. The normalized spacial score (nSPS) is 22.7. The van der Waals surface area contributed by atoms with Crippen LogP contribution < -0.4 is 10.2 Å². The summed E-state index contributed by atoms with van der Waals surface area (Å²) in [5.41, 5.74) is -0.0706. The van der Waals surface area contributed by atoms with E-state index < -0.39 is 0 Å². The smallest absolute Gasteiger partial charge is 0.205 e. The Morgan fingerprint density at radius 3 is 2.68 bits per heavy atom. The highest BCUT2D eigenvalue weighted by atomic mass is 32.1. The van der Waals surface area contributed by atoms with Crippen LogP contribution in [0.3, 0.4) is 0 Å². The lowest BCUT2D eigenvalue weighted by atomic mass is 9.88. The van der Waals surface area contributed by atoms with Crippen molar-refractivity contribution >= 4 is 16.7 Å². The predicted octanol–water partition coefficient (Wildman–Crippen LogP) is 1.18. The maximum absolute atomic E-state index is 9.73. The van der Waals surface area contributed by atoms with Crippen LogP contribution in [0.15, 0.2) is 0 Å². The third-order valence-electron chi connectivity index (χ3n) is 4.27. The van der Waals surface area contributed by atoms with Crippen molar-refractivity contribution in [3.8, 4) is 0 Å². The summed E-state index contributed by atoms with van der Waals surface area (Å²) >= 11 is 1.47. The fourth-order valence-electron chi connectivity index (χ4n) is 2.61. The Labute approximate surface area is 118 Å². The summed E-state index contributed by atoms with van der Waals surface area (Å²) in [5, 5.41) is 14.4. The SMILES string of the molecule is Cc1nsc(N2CCC(CO)(NCC3CC3)CC2)n1. The Morgan fingerprint density at radius 2 is 2.16 bits per heavy atom. The maximum atomic E-state index is 9.73. The molecular weight excluding hydrogens is 260 g/mol. The average Bonchev–Trinajstić information content (AvgIpc) is 3.18. The topological polar surface area (TPSA) is 61.3 Å². The second-order valence-corrected chi connectivity index (χ2v) is 6.60. The van der Waals surface area contributed by atoms with E-state index in [0.717, 1.165) is 49.3 Å². The molecule has 0 radical (unpaired) electrons. The van der Waals surface area contributed by atoms with E-state index in [4.69, 9.17) is 0 Å². The monoisotopic (exact) mass is 282 g/mol. The molecule has 0 atom stereocenters. The standard InChI is InChI=1S/C13H22N4OS/c1-10-15-12(19-16-10)17-6-4-13(9-18,5-7-17)14-8-11-2-3-11/h11,14,18H,2-9H2,1H3. The lowest BCUT2D eigenvalue weighted by Crippen LogP contribution is -2.56. The lowest BCUT2D eigenvalue weighted by molar-refractivity contribution is 0.133. The van der Waals surface area contributed by atoms with Gasteiger partial charge < -0.3 is 15.3 Å². The summed E-state index contributed by atoms with van der Waals surface area (Å²) in [4.78, 5) is 6.73. The van der Waals surface area contributed by atoms with Crippen LogP contribution >= 0.6 is 11.5 Å². The van der Waals surface area contributed by atoms with Gasteiger partial charge >= 0.3 is 0 Å². The number of aromatic nitrogens is 2. The summed E-state index contributed by atoms with van der Waals surface area (Å²) < 4.78 is 4.24. The summed E-state index contributed by atoms with van der Waals surface area (Å²) in [5.74, 6) is 1.71. The predicted molar refractivity (Wildman–Crippen MR) is 76.6 cm³/mol. The number of rotatable bonds is 5. The van der Waals surface area contributed by atoms with Crippen LogP contribution in [-0.2, 0) is 0 Å². The number of aliphatic hydroxyl groups excluding tert-OH is 1. The molecule has 19 heavy (non-hydrogen) atoms. The molecule has 0 amide bonds. The third-order valence-corrected chi connectivity index (χ3v) is 5.14. The van der Waals surface area contributed by atoms with E-state index in [-0.39, 0.29) is 12.1 Å². The van der Waals surface area contributed by atoms with E-state index in [1.807, 2.05) is 6.92 Å². The quantitative estimate of drug-likeness (QED) is 0.849. The summed E-state index contributed by atoms with van der Waals surface area (Å²) in [6, 6.07) is 0. The number of aryl methyl sites for hydroxylation is 1. The Balaban J connectivity index is 1.56. The van der Waals surface area contributed by atoms with Crippen molar-refractivity contribution in [2.24, 2.45) is 5.92 Å². The van der Waals surface area contributed by atoms with Gasteiger partial charge in [-0.1, -0.05) is 0 Å². The first-order valence-electron chi connectivity index (χ1n) is 7.12. The van der Waals surface area contributed by atoms with E-state index in [1.54, 1.807) is 0 Å². The van der Waals surface area contributed by atoms with Crippen LogP contribution in [0.5, 0.6) is 0 Å². The van der Waals surface area contributed by atoms with Crippen molar-refractivity contribution in [1.82, 2.24) is 14.7 Å². The zero-order valence-corrected chi connectivity index (χ0v) is 12.2. The molecule has 1 aromatic heterocycles. The number of aliphatic hydroxyl groups is 1. The number of hydrogen-bond acceptors (Lipinski definition) is 6. The van der Waals surface area contributed by atoms with E-state index >= 15 is 0 Å². The van der Waals surface area contributed by atoms with Gasteiger partial charge in [-0.3, -0.25) is 0 Å². The van der Waals surface area contributed by atoms with Gasteiger partial charge in [-0.25, -0.2) is 4.98 Å². The number of piperidine rings is 1. The molecule has 0 unspecified atom stereocenters. The second kappa shape index (κ2) is 5.34. The number of nitrogens with one attached hydrogen (secondary N) is 1. The molecule has 0 bridgehead atoms. The van der Waals surface area contributed by atoms with E-state index in [9.17, 15) is 5.11 Å². The number of nitrogens with zero attached hydrogens (tertiary/aromatic N) is 3. The van der Waals surface area contributed by atoms with E-state index in [0.29, 0.717) is 0 Å². The molecule has 2 N–H and O–H groups in total. The highest BCUT2D eigenvalue weighted by Gasteiger charge is 2.36. The van der Waals surface area contributed by atoms with Crippen molar-refractivity contribution in [2.75, 3.05) is 31.1 Å². The van der Waals surface area contributed by atoms with Gasteiger partial charge in [-0.2, -0.15) is 4.37 Å². The van der Waals surface area contributed by atoms with Crippen LogP contribution in [0.4, 0.5) is 5.13 Å². The highest BCUT2D eigenvalue weighted by Crippen LogP contribution is 2.31. The minimum absolute atomic E-state index is 0.0706. The van der Waals surface area contributed by atoms with Gasteiger partial charge in [0.25, 0.3) is 0 Å². The molecule has 5 nitrogen and oxygen atoms in total. The van der Waals surface area contributed by atoms with E-state index in [2.05, 4.69) is 19.6 Å². The van der Waals surface area contributed by atoms with Crippen LogP contribution in [-0.4, -0.2) is 46.2 Å². The zero-order chi connectivity index (χ0) is 13.3. The summed E-state index contributed by atoms with van der Waals surface area (Å²) in [6.07, 6.45) is 4.67. The van der Waals surface area contributed by atoms with E-state index in [1.165, 1.54) is 24.4 Å². The first-order valence-corrected chi connectivity index (χ1v) is 7.89. The first kappa shape index (κ1) is 13.3. The molecular formula is C13H22N4OS. The fourth-order valence-corrected chi connectivity index (χ4v) is 3.34. The molecule has 1 saturated heterocycles. The Bertz CT molecular complexity index is 424. The number of hydrogen-bond donors (Lipinski definition) is 2. The molecule has 2 heterocycles. The van der Waals surface area contributed by atoms with Crippen LogP contribution in [0.2, 0.25) is 0 Å². The lowest BCUT2D eigenvalue weighted by Gasteiger charge is -2.41. The minimum Gasteiger partial charge on any atom is -0.394 e. The molecule has 3 rings (SSSR count). The molecule has 1 aromatic rings. The molecule has 0 aromatic carbocycles. The van der Waals surface area contributed by atoms with Gasteiger partial charge in [0.1, 0.15) is 5.82 Å². The van der Waals surface area contributed by atoms with Gasteiger partial charge in [0, 0.05) is 30.2 Å².